The summed E-state index contributed by atoms with van der Waals surface area (Å²) in [6.07, 6.45) is 2.18. The van der Waals surface area contributed by atoms with Crippen LogP contribution in [0.1, 0.15) is 25.8 Å². The Morgan fingerprint density at radius 2 is 1.88 bits per heavy atom. The third-order valence-corrected chi connectivity index (χ3v) is 5.40. The summed E-state index contributed by atoms with van der Waals surface area (Å²) in [6, 6.07) is 13.3. The topological polar surface area (TPSA) is 71.1 Å². The maximum Gasteiger partial charge on any atom is 0.337 e. The Morgan fingerprint density at radius 1 is 1.09 bits per heavy atom. The van der Waals surface area contributed by atoms with Gasteiger partial charge in [0.1, 0.15) is 11.6 Å². The van der Waals surface area contributed by atoms with E-state index >= 15 is 0 Å². The number of imidazole rings is 1. The molecule has 4 rings (SSSR count). The summed E-state index contributed by atoms with van der Waals surface area (Å²) >= 11 is 0. The van der Waals surface area contributed by atoms with Crippen LogP contribution in [-0.2, 0) is 13.1 Å². The van der Waals surface area contributed by atoms with E-state index < -0.39 is 11.2 Å². The minimum Gasteiger partial charge on any atom is -0.495 e. The first-order chi connectivity index (χ1) is 15.4. The summed E-state index contributed by atoms with van der Waals surface area (Å²) in [5.74, 6) is 0.450. The average Bonchev–Trinajstić information content (AvgIpc) is 3.17. The number of fused-ring (bicyclic) bond motifs is 1. The van der Waals surface area contributed by atoms with E-state index in [9.17, 15) is 14.0 Å². The lowest BCUT2D eigenvalue weighted by Gasteiger charge is -2.15. The molecular formula is C24H25FN4O3. The molecule has 2 heterocycles. The zero-order valence-electron chi connectivity index (χ0n) is 18.3. The van der Waals surface area contributed by atoms with E-state index in [1.807, 2.05) is 19.9 Å². The van der Waals surface area contributed by atoms with Gasteiger partial charge >= 0.3 is 5.69 Å². The Morgan fingerprint density at radius 3 is 2.59 bits per heavy atom. The number of hydrogen-bond acceptors (Lipinski definition) is 4. The van der Waals surface area contributed by atoms with Crippen molar-refractivity contribution < 1.29 is 9.13 Å². The first kappa shape index (κ1) is 21.5. The van der Waals surface area contributed by atoms with Crippen molar-refractivity contribution in [3.63, 3.8) is 0 Å². The first-order valence-electron chi connectivity index (χ1n) is 10.5. The van der Waals surface area contributed by atoms with Gasteiger partial charge in [0.25, 0.3) is 5.56 Å². The van der Waals surface area contributed by atoms with E-state index in [1.54, 1.807) is 34.9 Å². The molecule has 0 bridgehead atoms. The van der Waals surface area contributed by atoms with Gasteiger partial charge in [-0.05, 0) is 42.2 Å². The minimum absolute atomic E-state index is 0.238. The number of nitrogens with zero attached hydrogens (tertiary/aromatic N) is 4. The Balaban J connectivity index is 1.99. The van der Waals surface area contributed by atoms with Crippen molar-refractivity contribution in [3.05, 3.63) is 87.1 Å². The second kappa shape index (κ2) is 8.82. The van der Waals surface area contributed by atoms with Gasteiger partial charge in [-0.3, -0.25) is 9.36 Å². The molecule has 0 aliphatic rings. The van der Waals surface area contributed by atoms with Gasteiger partial charge in [0, 0.05) is 13.1 Å². The Labute approximate surface area is 184 Å². The zero-order valence-corrected chi connectivity index (χ0v) is 18.3. The van der Waals surface area contributed by atoms with Crippen LogP contribution < -0.4 is 16.0 Å². The molecule has 0 unspecified atom stereocenters. The highest BCUT2D eigenvalue weighted by Gasteiger charge is 2.21. The lowest BCUT2D eigenvalue weighted by molar-refractivity contribution is 0.412. The highest BCUT2D eigenvalue weighted by molar-refractivity contribution is 5.73. The SMILES string of the molecule is COc1ccccc1-n1c(=O)n(CCC(C)C)c(=O)c2c1ncn2Cc1cccc(F)c1. The molecule has 0 radical (unpaired) electrons. The van der Waals surface area contributed by atoms with Crippen LogP contribution in [-0.4, -0.2) is 25.8 Å². The second-order valence-corrected chi connectivity index (χ2v) is 8.10. The number of halogens is 1. The van der Waals surface area contributed by atoms with E-state index in [1.165, 1.54) is 34.7 Å². The Hall–Kier alpha value is -3.68. The predicted molar refractivity (Wildman–Crippen MR) is 121 cm³/mol. The monoisotopic (exact) mass is 436 g/mol. The van der Waals surface area contributed by atoms with Crippen molar-refractivity contribution in [2.45, 2.75) is 33.4 Å². The summed E-state index contributed by atoms with van der Waals surface area (Å²) in [5, 5.41) is 0. The summed E-state index contributed by atoms with van der Waals surface area (Å²) < 4.78 is 23.5. The van der Waals surface area contributed by atoms with Crippen LogP contribution >= 0.6 is 0 Å². The number of hydrogen-bond donors (Lipinski definition) is 0. The van der Waals surface area contributed by atoms with E-state index in [0.717, 1.165) is 0 Å². The van der Waals surface area contributed by atoms with Gasteiger partial charge in [-0.1, -0.05) is 38.1 Å². The van der Waals surface area contributed by atoms with Gasteiger partial charge < -0.3 is 9.30 Å². The maximum absolute atomic E-state index is 13.7. The normalized spacial score (nSPS) is 11.4. The molecule has 0 atom stereocenters. The lowest BCUT2D eigenvalue weighted by atomic mass is 10.1. The first-order valence-corrected chi connectivity index (χ1v) is 10.5. The largest absolute Gasteiger partial charge is 0.495 e. The molecule has 7 nitrogen and oxygen atoms in total. The van der Waals surface area contributed by atoms with Crippen LogP contribution in [0.3, 0.4) is 0 Å². The average molecular weight is 436 g/mol. The van der Waals surface area contributed by atoms with Crippen LogP contribution in [0.4, 0.5) is 4.39 Å². The molecule has 0 saturated carbocycles. The van der Waals surface area contributed by atoms with E-state index in [-0.39, 0.29) is 30.1 Å². The summed E-state index contributed by atoms with van der Waals surface area (Å²) in [4.78, 5) is 31.3. The van der Waals surface area contributed by atoms with Crippen LogP contribution in [0.5, 0.6) is 5.75 Å². The van der Waals surface area contributed by atoms with Crippen molar-refractivity contribution in [2.75, 3.05) is 7.11 Å². The number of para-hydroxylation sites is 2. The van der Waals surface area contributed by atoms with Gasteiger partial charge in [0.15, 0.2) is 11.2 Å². The molecule has 0 N–H and O–H groups in total. The second-order valence-electron chi connectivity index (χ2n) is 8.10. The fraction of sp³-hybridized carbons (Fsp3) is 0.292. The van der Waals surface area contributed by atoms with E-state index in [0.29, 0.717) is 29.3 Å². The quantitative estimate of drug-likeness (QED) is 0.444. The predicted octanol–water partition coefficient (Wildman–Crippen LogP) is 3.59. The fourth-order valence-corrected chi connectivity index (χ4v) is 3.75. The van der Waals surface area contributed by atoms with Crippen molar-refractivity contribution in [1.29, 1.82) is 0 Å². The molecule has 166 valence electrons. The third kappa shape index (κ3) is 3.95. The lowest BCUT2D eigenvalue weighted by Crippen LogP contribution is -2.40. The molecule has 0 spiro atoms. The molecule has 0 aliphatic carbocycles. The van der Waals surface area contributed by atoms with E-state index in [4.69, 9.17) is 4.74 Å². The number of rotatable bonds is 7. The molecular weight excluding hydrogens is 411 g/mol. The molecule has 8 heteroatoms. The summed E-state index contributed by atoms with van der Waals surface area (Å²) in [7, 11) is 1.53. The standard InChI is InChI=1S/C24H25FN4O3/c1-16(2)11-12-28-23(30)21-22(26-15-27(21)14-17-7-6-8-18(25)13-17)29(24(28)31)19-9-4-5-10-20(19)32-3/h4-10,13,15-16H,11-12,14H2,1-3H3. The summed E-state index contributed by atoms with van der Waals surface area (Å²) in [5.41, 5.74) is 0.825. The molecule has 0 fully saturated rings. The molecule has 0 saturated heterocycles. The van der Waals surface area contributed by atoms with Crippen molar-refractivity contribution >= 4 is 11.2 Å². The highest BCUT2D eigenvalue weighted by atomic mass is 19.1. The minimum atomic E-state index is -0.469. The highest BCUT2D eigenvalue weighted by Crippen LogP contribution is 2.23. The van der Waals surface area contributed by atoms with Gasteiger partial charge in [-0.25, -0.2) is 18.7 Å². The van der Waals surface area contributed by atoms with Crippen LogP contribution in [0, 0.1) is 11.7 Å². The maximum atomic E-state index is 13.7. The molecule has 2 aromatic carbocycles. The number of ether oxygens (including phenoxy) is 1. The molecule has 0 amide bonds. The van der Waals surface area contributed by atoms with Gasteiger partial charge in [-0.2, -0.15) is 0 Å². The molecule has 2 aromatic heterocycles. The smallest absolute Gasteiger partial charge is 0.337 e. The Kier molecular flexibility index (Phi) is 5.94. The molecule has 32 heavy (non-hydrogen) atoms. The van der Waals surface area contributed by atoms with Gasteiger partial charge in [-0.15, -0.1) is 0 Å². The number of benzene rings is 2. The van der Waals surface area contributed by atoms with Gasteiger partial charge in [0.2, 0.25) is 0 Å². The Bertz CT molecular complexity index is 1380. The number of methoxy groups -OCH3 is 1. The molecule has 0 aliphatic heterocycles. The molecule has 4 aromatic rings. The summed E-state index contributed by atoms with van der Waals surface area (Å²) in [6.45, 7) is 4.61. The third-order valence-electron chi connectivity index (χ3n) is 5.40. The van der Waals surface area contributed by atoms with Crippen molar-refractivity contribution in [1.82, 2.24) is 18.7 Å². The van der Waals surface area contributed by atoms with Crippen LogP contribution in [0.25, 0.3) is 16.9 Å². The van der Waals surface area contributed by atoms with Crippen molar-refractivity contribution in [2.24, 2.45) is 5.92 Å². The van der Waals surface area contributed by atoms with E-state index in [2.05, 4.69) is 4.98 Å². The van der Waals surface area contributed by atoms with Crippen molar-refractivity contribution in [3.8, 4) is 11.4 Å². The fourth-order valence-electron chi connectivity index (χ4n) is 3.75. The van der Waals surface area contributed by atoms with Gasteiger partial charge in [0.05, 0.1) is 19.1 Å². The number of aromatic nitrogens is 4. The van der Waals surface area contributed by atoms with Crippen LogP contribution in [0.15, 0.2) is 64.4 Å². The van der Waals surface area contributed by atoms with Crippen LogP contribution in [0.2, 0.25) is 0 Å². The zero-order chi connectivity index (χ0) is 22.8.